The monoisotopic (exact) mass is 273 g/mol. The van der Waals surface area contributed by atoms with Crippen molar-refractivity contribution in [2.75, 3.05) is 6.54 Å². The first-order chi connectivity index (χ1) is 9.67. The van der Waals surface area contributed by atoms with Crippen molar-refractivity contribution >= 4 is 16.7 Å². The highest BCUT2D eigenvalue weighted by Gasteiger charge is 2.16. The molecule has 20 heavy (non-hydrogen) atoms. The third-order valence-corrected chi connectivity index (χ3v) is 3.18. The standard InChI is InChI=1S/C16H19NO3/c1-3-17-16(19)11(2)20-15-9-8-12-6-4-5-7-13(12)14(15)10-18/h4-9,11,18H,3,10H2,1-2H3,(H,17,19). The van der Waals surface area contributed by atoms with Crippen molar-refractivity contribution in [3.05, 3.63) is 42.0 Å². The average molecular weight is 273 g/mol. The summed E-state index contributed by atoms with van der Waals surface area (Å²) in [6.45, 7) is 4.00. The SMILES string of the molecule is CCNC(=O)C(C)Oc1ccc2ccccc2c1CO. The molecule has 0 aliphatic rings. The van der Waals surface area contributed by atoms with E-state index in [0.29, 0.717) is 17.9 Å². The minimum atomic E-state index is -0.596. The molecule has 2 aromatic rings. The Labute approximate surface area is 118 Å². The summed E-state index contributed by atoms with van der Waals surface area (Å²) in [5, 5.41) is 14.3. The molecule has 1 unspecified atom stereocenters. The van der Waals surface area contributed by atoms with E-state index in [0.717, 1.165) is 10.8 Å². The number of hydrogen-bond acceptors (Lipinski definition) is 3. The number of benzene rings is 2. The molecule has 2 rings (SSSR count). The van der Waals surface area contributed by atoms with Gasteiger partial charge in [0.05, 0.1) is 6.61 Å². The number of hydrogen-bond donors (Lipinski definition) is 2. The smallest absolute Gasteiger partial charge is 0.260 e. The molecule has 0 spiro atoms. The second kappa shape index (κ2) is 6.39. The van der Waals surface area contributed by atoms with E-state index in [2.05, 4.69) is 5.32 Å². The van der Waals surface area contributed by atoms with E-state index in [-0.39, 0.29) is 12.5 Å². The van der Waals surface area contributed by atoms with E-state index in [9.17, 15) is 9.90 Å². The number of aliphatic hydroxyl groups is 1. The molecule has 0 fully saturated rings. The summed E-state index contributed by atoms with van der Waals surface area (Å²) in [5.74, 6) is 0.384. The molecule has 0 aliphatic heterocycles. The second-order valence-corrected chi connectivity index (χ2v) is 4.58. The Bertz CT molecular complexity index is 610. The molecule has 0 saturated heterocycles. The maximum Gasteiger partial charge on any atom is 0.260 e. The predicted octanol–water partition coefficient (Wildman–Crippen LogP) is 2.24. The first-order valence-electron chi connectivity index (χ1n) is 6.73. The Balaban J connectivity index is 2.32. The largest absolute Gasteiger partial charge is 0.481 e. The van der Waals surface area contributed by atoms with E-state index >= 15 is 0 Å². The number of carbonyl (C=O) groups excluding carboxylic acids is 1. The summed E-state index contributed by atoms with van der Waals surface area (Å²) < 4.78 is 5.69. The van der Waals surface area contributed by atoms with E-state index in [1.54, 1.807) is 13.0 Å². The van der Waals surface area contributed by atoms with Crippen LogP contribution in [0.25, 0.3) is 10.8 Å². The van der Waals surface area contributed by atoms with Crippen LogP contribution in [0.15, 0.2) is 36.4 Å². The third kappa shape index (κ3) is 2.91. The Hall–Kier alpha value is -2.07. The molecule has 2 N–H and O–H groups in total. The van der Waals surface area contributed by atoms with Crippen molar-refractivity contribution in [3.8, 4) is 5.75 Å². The molecule has 0 heterocycles. The van der Waals surface area contributed by atoms with Gasteiger partial charge in [-0.05, 0) is 30.7 Å². The van der Waals surface area contributed by atoms with Gasteiger partial charge in [0.2, 0.25) is 0 Å². The zero-order chi connectivity index (χ0) is 14.5. The molecule has 106 valence electrons. The van der Waals surface area contributed by atoms with Crippen LogP contribution in [0.2, 0.25) is 0 Å². The van der Waals surface area contributed by atoms with Gasteiger partial charge in [-0.2, -0.15) is 0 Å². The second-order valence-electron chi connectivity index (χ2n) is 4.58. The predicted molar refractivity (Wildman–Crippen MR) is 78.6 cm³/mol. The van der Waals surface area contributed by atoms with Gasteiger partial charge in [0.25, 0.3) is 5.91 Å². The lowest BCUT2D eigenvalue weighted by Crippen LogP contribution is -2.36. The molecule has 0 saturated carbocycles. The molecule has 1 amide bonds. The number of fused-ring (bicyclic) bond motifs is 1. The molecule has 2 aromatic carbocycles. The van der Waals surface area contributed by atoms with Crippen LogP contribution < -0.4 is 10.1 Å². The van der Waals surface area contributed by atoms with Crippen LogP contribution in [-0.2, 0) is 11.4 Å². The summed E-state index contributed by atoms with van der Waals surface area (Å²) in [6.07, 6.45) is -0.596. The number of rotatable bonds is 5. The van der Waals surface area contributed by atoms with Gasteiger partial charge in [-0.3, -0.25) is 4.79 Å². The summed E-state index contributed by atoms with van der Waals surface area (Å²) in [7, 11) is 0. The van der Waals surface area contributed by atoms with Crippen LogP contribution >= 0.6 is 0 Å². The third-order valence-electron chi connectivity index (χ3n) is 3.18. The minimum Gasteiger partial charge on any atom is -0.481 e. The fraction of sp³-hybridized carbons (Fsp3) is 0.312. The minimum absolute atomic E-state index is 0.126. The Morgan fingerprint density at radius 1 is 1.30 bits per heavy atom. The molecular formula is C16H19NO3. The first kappa shape index (κ1) is 14.3. The fourth-order valence-corrected chi connectivity index (χ4v) is 2.15. The van der Waals surface area contributed by atoms with Crippen LogP contribution in [-0.4, -0.2) is 23.7 Å². The van der Waals surface area contributed by atoms with Gasteiger partial charge < -0.3 is 15.2 Å². The lowest BCUT2D eigenvalue weighted by Gasteiger charge is -2.17. The normalized spacial score (nSPS) is 12.2. The number of amides is 1. The number of aliphatic hydroxyl groups excluding tert-OH is 1. The van der Waals surface area contributed by atoms with Crippen LogP contribution in [0.1, 0.15) is 19.4 Å². The summed E-state index contributed by atoms with van der Waals surface area (Å²) >= 11 is 0. The van der Waals surface area contributed by atoms with Gasteiger partial charge >= 0.3 is 0 Å². The van der Waals surface area contributed by atoms with Crippen molar-refractivity contribution in [1.29, 1.82) is 0 Å². The zero-order valence-electron chi connectivity index (χ0n) is 11.7. The van der Waals surface area contributed by atoms with Crippen LogP contribution in [0.3, 0.4) is 0 Å². The van der Waals surface area contributed by atoms with Crippen LogP contribution in [0, 0.1) is 0 Å². The number of carbonyl (C=O) groups is 1. The van der Waals surface area contributed by atoms with Crippen molar-refractivity contribution in [1.82, 2.24) is 5.32 Å². The van der Waals surface area contributed by atoms with E-state index < -0.39 is 6.10 Å². The van der Waals surface area contributed by atoms with Gasteiger partial charge in [0, 0.05) is 12.1 Å². The van der Waals surface area contributed by atoms with E-state index in [1.807, 2.05) is 37.3 Å². The van der Waals surface area contributed by atoms with Crippen molar-refractivity contribution < 1.29 is 14.6 Å². The van der Waals surface area contributed by atoms with Crippen LogP contribution in [0.4, 0.5) is 0 Å². The Kier molecular flexibility index (Phi) is 4.58. The molecular weight excluding hydrogens is 254 g/mol. The highest BCUT2D eigenvalue weighted by Crippen LogP contribution is 2.28. The van der Waals surface area contributed by atoms with Gasteiger partial charge in [-0.15, -0.1) is 0 Å². The zero-order valence-corrected chi connectivity index (χ0v) is 11.7. The lowest BCUT2D eigenvalue weighted by atomic mass is 10.0. The maximum absolute atomic E-state index is 11.7. The molecule has 1 atom stereocenters. The molecule has 0 radical (unpaired) electrons. The van der Waals surface area contributed by atoms with Crippen molar-refractivity contribution in [2.45, 2.75) is 26.6 Å². The van der Waals surface area contributed by atoms with Gasteiger partial charge in [0.1, 0.15) is 5.75 Å². The molecule has 0 aromatic heterocycles. The van der Waals surface area contributed by atoms with E-state index in [1.165, 1.54) is 0 Å². The van der Waals surface area contributed by atoms with Gasteiger partial charge in [-0.25, -0.2) is 0 Å². The maximum atomic E-state index is 11.7. The first-order valence-corrected chi connectivity index (χ1v) is 6.73. The molecule has 0 aliphatic carbocycles. The summed E-state index contributed by atoms with van der Waals surface area (Å²) in [5.41, 5.74) is 0.708. The fourth-order valence-electron chi connectivity index (χ4n) is 2.15. The Morgan fingerprint density at radius 2 is 2.05 bits per heavy atom. The lowest BCUT2D eigenvalue weighted by molar-refractivity contribution is -0.127. The van der Waals surface area contributed by atoms with Crippen molar-refractivity contribution in [2.24, 2.45) is 0 Å². The average Bonchev–Trinajstić information content (AvgIpc) is 2.47. The molecule has 4 nitrogen and oxygen atoms in total. The molecule has 0 bridgehead atoms. The molecule has 4 heteroatoms. The van der Waals surface area contributed by atoms with Crippen molar-refractivity contribution in [3.63, 3.8) is 0 Å². The van der Waals surface area contributed by atoms with E-state index in [4.69, 9.17) is 4.74 Å². The number of ether oxygens (including phenoxy) is 1. The van der Waals surface area contributed by atoms with Gasteiger partial charge in [0.15, 0.2) is 6.10 Å². The quantitative estimate of drug-likeness (QED) is 0.878. The van der Waals surface area contributed by atoms with Gasteiger partial charge in [-0.1, -0.05) is 30.3 Å². The van der Waals surface area contributed by atoms with Crippen LogP contribution in [0.5, 0.6) is 5.75 Å². The Morgan fingerprint density at radius 3 is 2.75 bits per heavy atom. The highest BCUT2D eigenvalue weighted by atomic mass is 16.5. The number of likely N-dealkylation sites (N-methyl/N-ethyl adjacent to an activating group) is 1. The highest BCUT2D eigenvalue weighted by molar-refractivity contribution is 5.88. The number of nitrogens with one attached hydrogen (secondary N) is 1. The topological polar surface area (TPSA) is 58.6 Å². The summed E-state index contributed by atoms with van der Waals surface area (Å²) in [4.78, 5) is 11.7. The summed E-state index contributed by atoms with van der Waals surface area (Å²) in [6, 6.07) is 11.5.